The zero-order valence-corrected chi connectivity index (χ0v) is 24.5. The van der Waals surface area contributed by atoms with E-state index in [9.17, 15) is 22.8 Å². The Balaban J connectivity index is 1.57. The van der Waals surface area contributed by atoms with Crippen LogP contribution >= 0.6 is 0 Å². The maximum Gasteiger partial charge on any atom is 0.417 e. The molecule has 0 aliphatic carbocycles. The quantitative estimate of drug-likeness (QED) is 0.410. The zero-order valence-electron chi connectivity index (χ0n) is 24.5. The van der Waals surface area contributed by atoms with Crippen molar-refractivity contribution >= 4 is 23.2 Å². The van der Waals surface area contributed by atoms with Crippen LogP contribution in [0.25, 0.3) is 11.1 Å². The van der Waals surface area contributed by atoms with Gasteiger partial charge in [-0.2, -0.15) is 13.2 Å². The van der Waals surface area contributed by atoms with Gasteiger partial charge in [0.05, 0.1) is 34.6 Å². The molecule has 1 unspecified atom stereocenters. The fourth-order valence-electron chi connectivity index (χ4n) is 5.54. The minimum Gasteiger partial charge on any atom is -0.372 e. The fourth-order valence-corrected chi connectivity index (χ4v) is 5.54. The molecule has 3 aromatic rings. The number of aromatic nitrogens is 3. The third-order valence-corrected chi connectivity index (χ3v) is 7.84. The summed E-state index contributed by atoms with van der Waals surface area (Å²) >= 11 is 0. The number of alkyl halides is 3. The number of rotatable bonds is 5. The van der Waals surface area contributed by atoms with Gasteiger partial charge in [-0.1, -0.05) is 0 Å². The molecule has 1 aromatic carbocycles. The molecule has 0 bridgehead atoms. The number of carbonyl (C=O) groups is 1. The number of likely N-dealkylation sites (N-methyl/N-ethyl adjacent to an activating group) is 1. The second-order valence-corrected chi connectivity index (χ2v) is 11.2. The number of hydrogen-bond acceptors (Lipinski definition) is 8. The molecule has 0 radical (unpaired) electrons. The summed E-state index contributed by atoms with van der Waals surface area (Å²) < 4.78 is 79.0. The van der Waals surface area contributed by atoms with Crippen molar-refractivity contribution in [1.29, 1.82) is 0 Å². The molecule has 0 spiro atoms. The first-order valence-electron chi connectivity index (χ1n) is 14.0. The summed E-state index contributed by atoms with van der Waals surface area (Å²) in [5.74, 6) is -3.17. The van der Waals surface area contributed by atoms with Gasteiger partial charge in [0, 0.05) is 75.1 Å². The summed E-state index contributed by atoms with van der Waals surface area (Å²) in [5, 5.41) is 2.24. The van der Waals surface area contributed by atoms with Gasteiger partial charge in [0.1, 0.15) is 11.5 Å². The highest BCUT2D eigenvalue weighted by Crippen LogP contribution is 2.39. The first-order valence-corrected chi connectivity index (χ1v) is 14.0. The lowest BCUT2D eigenvalue weighted by Crippen LogP contribution is -2.50. The Morgan fingerprint density at radius 3 is 2.30 bits per heavy atom. The Bertz CT molecular complexity index is 1590. The molecule has 44 heavy (non-hydrogen) atoms. The normalized spacial score (nSPS) is 21.4. The van der Waals surface area contributed by atoms with E-state index >= 15 is 8.78 Å². The van der Waals surface area contributed by atoms with Gasteiger partial charge in [0.25, 0.3) is 5.91 Å². The molecular weight excluding hydrogens is 589 g/mol. The number of halogens is 5. The number of hydrogen-bond donors (Lipinski definition) is 2. The predicted octanol–water partition coefficient (Wildman–Crippen LogP) is 4.14. The SMILES string of the molecule is CC1CN(c2cc(F)c(-c3cnc(N4C[C@@H](C)O[C@@H](C)C4)nc3)c(F)c2NC(=O)c2c[nH]c(=O)cc2C(F)(F)F)CCN1C. The van der Waals surface area contributed by atoms with E-state index < -0.39 is 51.7 Å². The number of nitrogens with zero attached hydrogens (tertiary/aromatic N) is 5. The molecule has 236 valence electrons. The maximum atomic E-state index is 16.4. The standard InChI is InChI=1S/C29H32F5N7O3/c1-15-12-40(6-5-39(15)4)22-8-21(30)24(18-9-36-28(37-10-18)41-13-16(2)44-17(3)14-41)25(31)26(22)38-27(43)19-11-35-23(42)7-20(19)29(32,33)34/h7-11,15-17H,5-6,12-14H2,1-4H3,(H,35,42)(H,38,43)/t15?,16-,17+. The number of nitrogens with one attached hydrogen (secondary N) is 2. The van der Waals surface area contributed by atoms with Gasteiger partial charge in [-0.15, -0.1) is 0 Å². The van der Waals surface area contributed by atoms with Crippen molar-refractivity contribution in [1.82, 2.24) is 19.9 Å². The Hall–Kier alpha value is -4.11. The first kappa shape index (κ1) is 31.3. The van der Waals surface area contributed by atoms with Crippen molar-refractivity contribution in [3.05, 3.63) is 63.8 Å². The lowest BCUT2D eigenvalue weighted by Gasteiger charge is -2.39. The molecule has 4 heterocycles. The van der Waals surface area contributed by atoms with Crippen LogP contribution < -0.4 is 20.7 Å². The lowest BCUT2D eigenvalue weighted by molar-refractivity contribution is -0.138. The molecule has 2 N–H and O–H groups in total. The number of morpholine rings is 1. The number of H-pyrrole nitrogens is 1. The monoisotopic (exact) mass is 621 g/mol. The highest BCUT2D eigenvalue weighted by Gasteiger charge is 2.37. The number of carbonyl (C=O) groups excluding carboxylic acids is 1. The highest BCUT2D eigenvalue weighted by molar-refractivity contribution is 6.07. The molecule has 5 rings (SSSR count). The van der Waals surface area contributed by atoms with E-state index in [0.29, 0.717) is 44.9 Å². The van der Waals surface area contributed by atoms with Crippen LogP contribution in [0.15, 0.2) is 35.5 Å². The smallest absolute Gasteiger partial charge is 0.372 e. The van der Waals surface area contributed by atoms with Gasteiger partial charge >= 0.3 is 6.18 Å². The summed E-state index contributed by atoms with van der Waals surface area (Å²) in [6.45, 7) is 7.97. The topological polar surface area (TPSA) is 107 Å². The third-order valence-electron chi connectivity index (χ3n) is 7.84. The van der Waals surface area contributed by atoms with Gasteiger partial charge in [0.2, 0.25) is 11.5 Å². The van der Waals surface area contributed by atoms with Crippen molar-refractivity contribution in [2.75, 3.05) is 54.9 Å². The summed E-state index contributed by atoms with van der Waals surface area (Å²) in [5.41, 5.74) is -4.63. The molecule has 10 nitrogen and oxygen atoms in total. The summed E-state index contributed by atoms with van der Waals surface area (Å²) in [6.07, 6.45) is -2.08. The number of amides is 1. The van der Waals surface area contributed by atoms with Crippen LogP contribution in [0.1, 0.15) is 36.7 Å². The van der Waals surface area contributed by atoms with Gasteiger partial charge in [-0.25, -0.2) is 18.7 Å². The van der Waals surface area contributed by atoms with Gasteiger partial charge in [0.15, 0.2) is 5.82 Å². The number of aromatic amines is 1. The van der Waals surface area contributed by atoms with Crippen LogP contribution in [0, 0.1) is 11.6 Å². The minimum atomic E-state index is -5.04. The zero-order chi connectivity index (χ0) is 31.9. The second kappa shape index (κ2) is 12.1. The van der Waals surface area contributed by atoms with E-state index in [1.54, 1.807) is 4.90 Å². The van der Waals surface area contributed by atoms with E-state index in [0.717, 1.165) is 6.07 Å². The Morgan fingerprint density at radius 2 is 1.68 bits per heavy atom. The van der Waals surface area contributed by atoms with Gasteiger partial charge < -0.3 is 29.7 Å². The summed E-state index contributed by atoms with van der Waals surface area (Å²) in [6, 6.07) is 1.27. The largest absolute Gasteiger partial charge is 0.417 e. The van der Waals surface area contributed by atoms with E-state index in [2.05, 4.69) is 20.3 Å². The van der Waals surface area contributed by atoms with Crippen molar-refractivity contribution < 1.29 is 31.5 Å². The fraction of sp³-hybridized carbons (Fsp3) is 0.448. The Morgan fingerprint density at radius 1 is 1.02 bits per heavy atom. The lowest BCUT2D eigenvalue weighted by atomic mass is 10.0. The van der Waals surface area contributed by atoms with E-state index in [1.807, 2.05) is 37.6 Å². The summed E-state index contributed by atoms with van der Waals surface area (Å²) in [7, 11) is 1.89. The van der Waals surface area contributed by atoms with Crippen LogP contribution in [0.2, 0.25) is 0 Å². The van der Waals surface area contributed by atoms with Crippen molar-refractivity contribution in [3.8, 4) is 11.1 Å². The molecule has 15 heteroatoms. The van der Waals surface area contributed by atoms with Crippen molar-refractivity contribution in [3.63, 3.8) is 0 Å². The van der Waals surface area contributed by atoms with Crippen LogP contribution in [0.5, 0.6) is 0 Å². The van der Waals surface area contributed by atoms with E-state index in [-0.39, 0.29) is 35.6 Å². The van der Waals surface area contributed by atoms with Crippen LogP contribution in [0.4, 0.5) is 39.3 Å². The molecule has 0 saturated carbocycles. The third kappa shape index (κ3) is 6.38. The number of piperazine rings is 1. The minimum absolute atomic E-state index is 0.0271. The average molecular weight is 622 g/mol. The molecule has 2 aliphatic heterocycles. The first-order chi connectivity index (χ1) is 20.7. The Kier molecular flexibility index (Phi) is 8.62. The molecule has 2 aliphatic rings. The van der Waals surface area contributed by atoms with Crippen LogP contribution in [-0.2, 0) is 10.9 Å². The number of ether oxygens (including phenoxy) is 1. The van der Waals surface area contributed by atoms with Gasteiger partial charge in [-0.05, 0) is 27.8 Å². The summed E-state index contributed by atoms with van der Waals surface area (Å²) in [4.78, 5) is 41.1. The van der Waals surface area contributed by atoms with E-state index in [1.165, 1.54) is 12.4 Å². The molecular formula is C29H32F5N7O3. The number of pyridine rings is 1. The van der Waals surface area contributed by atoms with E-state index in [4.69, 9.17) is 4.74 Å². The predicted molar refractivity (Wildman–Crippen MR) is 154 cm³/mol. The average Bonchev–Trinajstić information content (AvgIpc) is 2.95. The maximum absolute atomic E-state index is 16.4. The number of benzene rings is 1. The van der Waals surface area contributed by atoms with Crippen molar-refractivity contribution in [2.45, 2.75) is 45.2 Å². The van der Waals surface area contributed by atoms with Crippen LogP contribution in [0.3, 0.4) is 0 Å². The molecule has 2 fully saturated rings. The molecule has 2 aromatic heterocycles. The molecule has 2 saturated heterocycles. The molecule has 1 amide bonds. The van der Waals surface area contributed by atoms with Crippen molar-refractivity contribution in [2.24, 2.45) is 0 Å². The Labute approximate surface area is 249 Å². The highest BCUT2D eigenvalue weighted by atomic mass is 19.4. The molecule has 3 atom stereocenters. The number of anilines is 3. The van der Waals surface area contributed by atoms with Gasteiger partial charge in [-0.3, -0.25) is 9.59 Å². The van der Waals surface area contributed by atoms with Crippen LogP contribution in [-0.4, -0.2) is 83.8 Å². The second-order valence-electron chi connectivity index (χ2n) is 11.2.